The smallest absolute Gasteiger partial charge is 0.405 e. The second-order valence-corrected chi connectivity index (χ2v) is 10.3. The molecule has 2 saturated carbocycles. The Labute approximate surface area is 200 Å². The third-order valence-corrected chi connectivity index (χ3v) is 7.80. The fraction of sp³-hybridized carbons (Fsp3) is 0.517. The van der Waals surface area contributed by atoms with Crippen LogP contribution in [0.4, 0.5) is 13.2 Å². The molecule has 2 aliphatic carbocycles. The third-order valence-electron chi connectivity index (χ3n) is 7.80. The van der Waals surface area contributed by atoms with Crippen LogP contribution in [0.25, 0.3) is 22.0 Å². The maximum absolute atomic E-state index is 13.0. The quantitative estimate of drug-likeness (QED) is 0.351. The average Bonchev–Trinajstić information content (AvgIpc) is 3.16. The molecule has 34 heavy (non-hydrogen) atoms. The van der Waals surface area contributed by atoms with E-state index in [0.717, 1.165) is 18.5 Å². The molecule has 0 N–H and O–H groups in total. The molecule has 2 nitrogen and oxygen atoms in total. The lowest BCUT2D eigenvalue weighted by Crippen LogP contribution is -2.17. The van der Waals surface area contributed by atoms with Crippen LogP contribution in [-0.4, -0.2) is 10.9 Å². The van der Waals surface area contributed by atoms with Crippen molar-refractivity contribution in [1.29, 1.82) is 0 Å². The predicted molar refractivity (Wildman–Crippen MR) is 131 cm³/mol. The van der Waals surface area contributed by atoms with Crippen molar-refractivity contribution in [3.05, 3.63) is 54.2 Å². The van der Waals surface area contributed by atoms with Gasteiger partial charge >= 0.3 is 6.36 Å². The molecule has 2 aromatic carbocycles. The molecule has 0 amide bonds. The van der Waals surface area contributed by atoms with Crippen LogP contribution in [0.3, 0.4) is 0 Å². The van der Waals surface area contributed by atoms with Crippen LogP contribution in [0, 0.1) is 11.8 Å². The summed E-state index contributed by atoms with van der Waals surface area (Å²) in [6, 6.07) is 12.6. The Balaban J connectivity index is 1.52. The Hall–Kier alpha value is -2.43. The highest BCUT2D eigenvalue weighted by atomic mass is 19.4. The van der Waals surface area contributed by atoms with Crippen molar-refractivity contribution < 1.29 is 17.9 Å². The highest BCUT2D eigenvalue weighted by Crippen LogP contribution is 2.38. The SMILES string of the molecule is FC(F)(F)Oc1ccccc1-c1ccc2c(c1)c(CC1CCCCC1)cn2CC1CCCCC1. The van der Waals surface area contributed by atoms with E-state index in [1.54, 1.807) is 18.2 Å². The lowest BCUT2D eigenvalue weighted by Gasteiger charge is -2.22. The number of hydrogen-bond acceptors (Lipinski definition) is 1. The minimum Gasteiger partial charge on any atom is -0.405 e. The van der Waals surface area contributed by atoms with Gasteiger partial charge in [0.1, 0.15) is 5.75 Å². The van der Waals surface area contributed by atoms with E-state index in [1.807, 2.05) is 6.07 Å². The zero-order chi connectivity index (χ0) is 23.5. The van der Waals surface area contributed by atoms with Crippen molar-refractivity contribution in [3.63, 3.8) is 0 Å². The van der Waals surface area contributed by atoms with E-state index in [0.29, 0.717) is 17.4 Å². The monoisotopic (exact) mass is 469 g/mol. The van der Waals surface area contributed by atoms with Crippen LogP contribution < -0.4 is 4.74 Å². The molecule has 0 atom stereocenters. The Bertz CT molecular complexity index is 1100. The zero-order valence-electron chi connectivity index (χ0n) is 19.7. The van der Waals surface area contributed by atoms with Crippen LogP contribution in [0.5, 0.6) is 5.75 Å². The summed E-state index contributed by atoms with van der Waals surface area (Å²) in [7, 11) is 0. The van der Waals surface area contributed by atoms with Crippen LogP contribution in [-0.2, 0) is 13.0 Å². The van der Waals surface area contributed by atoms with Gasteiger partial charge in [0.2, 0.25) is 0 Å². The van der Waals surface area contributed by atoms with E-state index in [1.165, 1.54) is 86.7 Å². The standard InChI is InChI=1S/C29H34F3NO/c30-29(31,32)34-28-14-8-7-13-25(28)23-15-16-27-26(18-23)24(17-21-9-3-1-4-10-21)20-33(27)19-22-11-5-2-6-12-22/h7-8,13-16,18,20-22H,1-6,9-12,17,19H2. The van der Waals surface area contributed by atoms with E-state index in [2.05, 4.69) is 27.6 Å². The molecular formula is C29H34F3NO. The molecule has 1 heterocycles. The number of alkyl halides is 3. The van der Waals surface area contributed by atoms with E-state index >= 15 is 0 Å². The molecule has 2 aliphatic rings. The largest absolute Gasteiger partial charge is 0.573 e. The summed E-state index contributed by atoms with van der Waals surface area (Å²) in [5.74, 6) is 1.27. The molecule has 1 aromatic heterocycles. The Morgan fingerprint density at radius 1 is 0.824 bits per heavy atom. The van der Waals surface area contributed by atoms with Gasteiger partial charge in [-0.25, -0.2) is 0 Å². The van der Waals surface area contributed by atoms with Crippen molar-refractivity contribution in [2.24, 2.45) is 11.8 Å². The molecule has 0 radical (unpaired) electrons. The Kier molecular flexibility index (Phi) is 6.89. The lowest BCUT2D eigenvalue weighted by molar-refractivity contribution is -0.274. The summed E-state index contributed by atoms with van der Waals surface area (Å²) in [4.78, 5) is 0. The molecule has 5 heteroatoms. The fourth-order valence-corrected chi connectivity index (χ4v) is 6.12. The van der Waals surface area contributed by atoms with Gasteiger partial charge in [-0.15, -0.1) is 13.2 Å². The minimum absolute atomic E-state index is 0.148. The van der Waals surface area contributed by atoms with Crippen molar-refractivity contribution in [1.82, 2.24) is 4.57 Å². The first kappa shape index (κ1) is 23.3. The highest BCUT2D eigenvalue weighted by molar-refractivity contribution is 5.89. The highest BCUT2D eigenvalue weighted by Gasteiger charge is 2.32. The number of benzene rings is 2. The van der Waals surface area contributed by atoms with Crippen molar-refractivity contribution in [2.45, 2.75) is 83.5 Å². The first-order valence-corrected chi connectivity index (χ1v) is 12.9. The number of halogens is 3. The molecule has 0 bridgehead atoms. The van der Waals surface area contributed by atoms with Crippen LogP contribution in [0.2, 0.25) is 0 Å². The third kappa shape index (κ3) is 5.45. The summed E-state index contributed by atoms with van der Waals surface area (Å²) >= 11 is 0. The van der Waals surface area contributed by atoms with Crippen molar-refractivity contribution in [3.8, 4) is 16.9 Å². The molecular weight excluding hydrogens is 435 g/mol. The van der Waals surface area contributed by atoms with Gasteiger partial charge in [0, 0.05) is 29.2 Å². The summed E-state index contributed by atoms with van der Waals surface area (Å²) < 4.78 is 45.8. The summed E-state index contributed by atoms with van der Waals surface area (Å²) in [5.41, 5.74) is 3.79. The van der Waals surface area contributed by atoms with Gasteiger partial charge in [-0.2, -0.15) is 0 Å². The number of fused-ring (bicyclic) bond motifs is 1. The van der Waals surface area contributed by atoms with Gasteiger partial charge in [0.05, 0.1) is 0 Å². The van der Waals surface area contributed by atoms with Gasteiger partial charge in [-0.3, -0.25) is 0 Å². The fourth-order valence-electron chi connectivity index (χ4n) is 6.12. The van der Waals surface area contributed by atoms with Gasteiger partial charge in [0.25, 0.3) is 0 Å². The van der Waals surface area contributed by atoms with E-state index in [4.69, 9.17) is 0 Å². The molecule has 3 aromatic rings. The molecule has 182 valence electrons. The minimum atomic E-state index is -4.71. The van der Waals surface area contributed by atoms with Gasteiger partial charge < -0.3 is 9.30 Å². The summed E-state index contributed by atoms with van der Waals surface area (Å²) in [5, 5.41) is 1.18. The molecule has 0 saturated heterocycles. The van der Waals surface area contributed by atoms with E-state index in [-0.39, 0.29) is 5.75 Å². The zero-order valence-corrected chi connectivity index (χ0v) is 19.7. The van der Waals surface area contributed by atoms with Crippen LogP contribution in [0.1, 0.15) is 69.8 Å². The van der Waals surface area contributed by atoms with Gasteiger partial charge in [-0.05, 0) is 60.4 Å². The molecule has 0 spiro atoms. The normalized spacial score (nSPS) is 18.4. The van der Waals surface area contributed by atoms with Crippen LogP contribution in [0.15, 0.2) is 48.7 Å². The number of aromatic nitrogens is 1. The van der Waals surface area contributed by atoms with Gasteiger partial charge in [-0.1, -0.05) is 75.6 Å². The number of rotatable bonds is 6. The molecule has 0 aliphatic heterocycles. The van der Waals surface area contributed by atoms with Crippen molar-refractivity contribution >= 4 is 10.9 Å². The molecule has 5 rings (SSSR count). The van der Waals surface area contributed by atoms with Crippen LogP contribution >= 0.6 is 0 Å². The molecule has 0 unspecified atom stereocenters. The number of ether oxygens (including phenoxy) is 1. The van der Waals surface area contributed by atoms with E-state index in [9.17, 15) is 13.2 Å². The first-order valence-electron chi connectivity index (χ1n) is 12.9. The van der Waals surface area contributed by atoms with Crippen molar-refractivity contribution in [2.75, 3.05) is 0 Å². The van der Waals surface area contributed by atoms with Gasteiger partial charge in [0.15, 0.2) is 0 Å². The second-order valence-electron chi connectivity index (χ2n) is 10.3. The second kappa shape index (κ2) is 10.1. The number of para-hydroxylation sites is 1. The first-order chi connectivity index (χ1) is 16.5. The topological polar surface area (TPSA) is 14.2 Å². The maximum atomic E-state index is 13.0. The predicted octanol–water partition coefficient (Wildman–Crippen LogP) is 8.91. The average molecular weight is 470 g/mol. The van der Waals surface area contributed by atoms with E-state index < -0.39 is 6.36 Å². The lowest BCUT2D eigenvalue weighted by atomic mass is 9.84. The molecule has 2 fully saturated rings. The summed E-state index contributed by atoms with van der Waals surface area (Å²) in [6.45, 7) is 1.04. The number of hydrogen-bond donors (Lipinski definition) is 0. The maximum Gasteiger partial charge on any atom is 0.573 e. The Morgan fingerprint density at radius 3 is 2.21 bits per heavy atom. The number of nitrogens with zero attached hydrogens (tertiary/aromatic N) is 1. The Morgan fingerprint density at radius 2 is 1.50 bits per heavy atom. The summed E-state index contributed by atoms with van der Waals surface area (Å²) in [6.07, 6.45) is 11.7.